The molecule has 7 heteroatoms. The Bertz CT molecular complexity index is 765. The fraction of sp³-hybridized carbons (Fsp3) is 0.333. The normalized spacial score (nSPS) is 17.3. The summed E-state index contributed by atoms with van der Waals surface area (Å²) in [5, 5.41) is 3.07. The Morgan fingerprint density at radius 2 is 1.80 bits per heavy atom. The lowest BCUT2D eigenvalue weighted by molar-refractivity contribution is -0.139. The van der Waals surface area contributed by atoms with Crippen LogP contribution in [0, 0.1) is 5.82 Å². The molecule has 1 aromatic rings. The average Bonchev–Trinajstić information content (AvgIpc) is 2.54. The quantitative estimate of drug-likeness (QED) is 0.826. The van der Waals surface area contributed by atoms with Gasteiger partial charge in [0.25, 0.3) is 0 Å². The summed E-state index contributed by atoms with van der Waals surface area (Å²) < 4.78 is 24.5. The van der Waals surface area contributed by atoms with E-state index in [0.29, 0.717) is 11.4 Å². The summed E-state index contributed by atoms with van der Waals surface area (Å²) in [6.07, 6.45) is 0. The third-order valence-electron chi connectivity index (χ3n) is 3.95. The molecule has 0 aliphatic carbocycles. The molecule has 25 heavy (non-hydrogen) atoms. The minimum absolute atomic E-state index is 0.0350. The smallest absolute Gasteiger partial charge is 0.336 e. The van der Waals surface area contributed by atoms with E-state index in [9.17, 15) is 14.0 Å². The van der Waals surface area contributed by atoms with Crippen molar-refractivity contribution in [3.8, 4) is 0 Å². The largest absolute Gasteiger partial charge is 0.466 e. The topological polar surface area (TPSA) is 64.6 Å². The maximum Gasteiger partial charge on any atom is 0.336 e. The highest BCUT2D eigenvalue weighted by molar-refractivity contribution is 6.31. The van der Waals surface area contributed by atoms with Crippen LogP contribution in [-0.2, 0) is 19.1 Å². The number of allylic oxidation sites excluding steroid dienone is 2. The van der Waals surface area contributed by atoms with E-state index in [1.807, 2.05) is 0 Å². The van der Waals surface area contributed by atoms with Crippen LogP contribution >= 0.6 is 11.6 Å². The first-order chi connectivity index (χ1) is 11.8. The van der Waals surface area contributed by atoms with Crippen LogP contribution in [0.25, 0.3) is 0 Å². The number of esters is 2. The van der Waals surface area contributed by atoms with Gasteiger partial charge in [-0.25, -0.2) is 14.0 Å². The van der Waals surface area contributed by atoms with Crippen LogP contribution in [0.5, 0.6) is 0 Å². The summed E-state index contributed by atoms with van der Waals surface area (Å²) in [5.41, 5.74) is 1.20. The first-order valence-electron chi connectivity index (χ1n) is 7.71. The second-order valence-corrected chi connectivity index (χ2v) is 5.89. The number of ether oxygens (including phenoxy) is 2. The van der Waals surface area contributed by atoms with Gasteiger partial charge >= 0.3 is 11.9 Å². The molecule has 0 bridgehead atoms. The summed E-state index contributed by atoms with van der Waals surface area (Å²) in [4.78, 5) is 24.9. The molecule has 5 nitrogen and oxygen atoms in total. The second-order valence-electron chi connectivity index (χ2n) is 5.48. The average molecular weight is 368 g/mol. The minimum Gasteiger partial charge on any atom is -0.466 e. The summed E-state index contributed by atoms with van der Waals surface area (Å²) >= 11 is 6.21. The molecule has 0 radical (unpaired) electrons. The van der Waals surface area contributed by atoms with Crippen LogP contribution in [0.2, 0.25) is 5.02 Å². The molecule has 1 aliphatic rings. The van der Waals surface area contributed by atoms with E-state index >= 15 is 0 Å². The molecular weight excluding hydrogens is 349 g/mol. The van der Waals surface area contributed by atoms with E-state index < -0.39 is 23.7 Å². The zero-order valence-corrected chi connectivity index (χ0v) is 15.2. The van der Waals surface area contributed by atoms with Crippen LogP contribution in [0.1, 0.15) is 32.3 Å². The molecular formula is C18H19ClFNO4. The highest BCUT2D eigenvalue weighted by Gasteiger charge is 2.40. The van der Waals surface area contributed by atoms with Crippen LogP contribution in [-0.4, -0.2) is 25.7 Å². The predicted molar refractivity (Wildman–Crippen MR) is 91.3 cm³/mol. The number of benzene rings is 1. The molecule has 0 saturated heterocycles. The first kappa shape index (κ1) is 19.0. The molecule has 0 fully saturated rings. The fourth-order valence-electron chi connectivity index (χ4n) is 2.93. The summed E-state index contributed by atoms with van der Waals surface area (Å²) in [7, 11) is 1.22. The van der Waals surface area contributed by atoms with Gasteiger partial charge in [-0.3, -0.25) is 0 Å². The van der Waals surface area contributed by atoms with E-state index in [4.69, 9.17) is 21.1 Å². The molecule has 0 amide bonds. The van der Waals surface area contributed by atoms with Crippen LogP contribution in [0.15, 0.2) is 40.7 Å². The van der Waals surface area contributed by atoms with Crippen molar-refractivity contribution in [2.75, 3.05) is 13.7 Å². The molecule has 1 atom stereocenters. The Balaban J connectivity index is 2.77. The number of carbonyl (C=O) groups excluding carboxylic acids is 2. The van der Waals surface area contributed by atoms with Gasteiger partial charge in [-0.15, -0.1) is 0 Å². The van der Waals surface area contributed by atoms with Gasteiger partial charge in [0, 0.05) is 22.0 Å². The number of carbonyl (C=O) groups is 2. The van der Waals surface area contributed by atoms with Gasteiger partial charge in [0.05, 0.1) is 30.8 Å². The molecule has 1 unspecified atom stereocenters. The Morgan fingerprint density at radius 3 is 2.32 bits per heavy atom. The van der Waals surface area contributed by atoms with Gasteiger partial charge in [0.1, 0.15) is 5.82 Å². The van der Waals surface area contributed by atoms with Crippen LogP contribution < -0.4 is 5.32 Å². The summed E-state index contributed by atoms with van der Waals surface area (Å²) in [6, 6.07) is 4.19. The van der Waals surface area contributed by atoms with E-state index in [1.54, 1.807) is 20.8 Å². The second kappa shape index (κ2) is 7.70. The Kier molecular flexibility index (Phi) is 5.85. The number of methoxy groups -OCH3 is 1. The zero-order chi connectivity index (χ0) is 18.7. The van der Waals surface area contributed by atoms with E-state index in [0.717, 1.165) is 0 Å². The molecule has 1 aromatic carbocycles. The number of rotatable bonds is 4. The van der Waals surface area contributed by atoms with Crippen molar-refractivity contribution in [1.82, 2.24) is 5.32 Å². The maximum atomic E-state index is 14.6. The Morgan fingerprint density at radius 1 is 1.20 bits per heavy atom. The molecule has 2 rings (SSSR count). The first-order valence-corrected chi connectivity index (χ1v) is 8.09. The lowest BCUT2D eigenvalue weighted by atomic mass is 9.80. The van der Waals surface area contributed by atoms with E-state index in [2.05, 4.69) is 5.32 Å². The van der Waals surface area contributed by atoms with Crippen LogP contribution in [0.4, 0.5) is 4.39 Å². The van der Waals surface area contributed by atoms with Gasteiger partial charge < -0.3 is 14.8 Å². The fourth-order valence-corrected chi connectivity index (χ4v) is 3.20. The molecule has 0 spiro atoms. The van der Waals surface area contributed by atoms with Gasteiger partial charge in [-0.1, -0.05) is 17.7 Å². The minimum atomic E-state index is -1.03. The lowest BCUT2D eigenvalue weighted by Gasteiger charge is -2.30. The molecule has 134 valence electrons. The van der Waals surface area contributed by atoms with Crippen molar-refractivity contribution in [1.29, 1.82) is 0 Å². The number of hydrogen-bond donors (Lipinski definition) is 1. The van der Waals surface area contributed by atoms with Gasteiger partial charge in [0.2, 0.25) is 0 Å². The third kappa shape index (κ3) is 3.54. The van der Waals surface area contributed by atoms with Crippen molar-refractivity contribution in [3.05, 3.63) is 57.1 Å². The van der Waals surface area contributed by atoms with Gasteiger partial charge in [0.15, 0.2) is 0 Å². The summed E-state index contributed by atoms with van der Waals surface area (Å²) in [6.45, 7) is 5.12. The van der Waals surface area contributed by atoms with Crippen molar-refractivity contribution in [3.63, 3.8) is 0 Å². The highest BCUT2D eigenvalue weighted by Crippen LogP contribution is 2.42. The summed E-state index contributed by atoms with van der Waals surface area (Å²) in [5.74, 6) is -2.97. The number of dihydropyridines is 1. The highest BCUT2D eigenvalue weighted by atomic mass is 35.5. The monoisotopic (exact) mass is 367 g/mol. The van der Waals surface area contributed by atoms with Crippen molar-refractivity contribution in [2.24, 2.45) is 0 Å². The van der Waals surface area contributed by atoms with E-state index in [1.165, 1.54) is 25.3 Å². The van der Waals surface area contributed by atoms with E-state index in [-0.39, 0.29) is 28.3 Å². The SMILES string of the molecule is CCOC(=O)C1=C(C)NC(C)=C(C(=O)OC)C1c1c(F)cccc1Cl. The molecule has 0 aromatic heterocycles. The van der Waals surface area contributed by atoms with Crippen molar-refractivity contribution in [2.45, 2.75) is 26.7 Å². The van der Waals surface area contributed by atoms with Gasteiger partial charge in [-0.2, -0.15) is 0 Å². The van der Waals surface area contributed by atoms with Crippen molar-refractivity contribution >= 4 is 23.5 Å². The van der Waals surface area contributed by atoms with Gasteiger partial charge in [-0.05, 0) is 32.9 Å². The Labute approximate surface area is 150 Å². The third-order valence-corrected chi connectivity index (χ3v) is 4.28. The maximum absolute atomic E-state index is 14.6. The number of hydrogen-bond acceptors (Lipinski definition) is 5. The molecule has 1 heterocycles. The lowest BCUT2D eigenvalue weighted by Crippen LogP contribution is -2.32. The number of halogens is 2. The molecule has 0 saturated carbocycles. The Hall–Kier alpha value is -2.34. The molecule has 1 aliphatic heterocycles. The standard InChI is InChI=1S/C18H19ClFNO4/c1-5-25-18(23)14-10(3)21-9(2)13(17(22)24-4)16(14)15-11(19)7-6-8-12(15)20/h6-8,16,21H,5H2,1-4H3. The number of nitrogens with one attached hydrogen (secondary N) is 1. The van der Waals surface area contributed by atoms with Crippen LogP contribution in [0.3, 0.4) is 0 Å². The van der Waals surface area contributed by atoms with Crippen molar-refractivity contribution < 1.29 is 23.5 Å². The predicted octanol–water partition coefficient (Wildman–Crippen LogP) is 3.45. The zero-order valence-electron chi connectivity index (χ0n) is 14.4. The molecule has 1 N–H and O–H groups in total.